The van der Waals surface area contributed by atoms with Gasteiger partial charge in [-0.3, -0.25) is 14.9 Å². The number of furan rings is 1. The van der Waals surface area contributed by atoms with Gasteiger partial charge in [0, 0.05) is 28.4 Å². The number of anilines is 1. The van der Waals surface area contributed by atoms with E-state index in [0.29, 0.717) is 27.1 Å². The van der Waals surface area contributed by atoms with E-state index in [1.807, 2.05) is 0 Å². The van der Waals surface area contributed by atoms with Gasteiger partial charge in [-0.1, -0.05) is 34.8 Å². The number of halogens is 3. The van der Waals surface area contributed by atoms with Crippen LogP contribution in [-0.2, 0) is 4.79 Å². The number of nitrogens with one attached hydrogen (secondary N) is 1. The highest BCUT2D eigenvalue weighted by atomic mass is 35.5. The van der Waals surface area contributed by atoms with Gasteiger partial charge in [0.2, 0.25) is 5.91 Å². The van der Waals surface area contributed by atoms with Crippen LogP contribution in [0.25, 0.3) is 17.4 Å². The van der Waals surface area contributed by atoms with Crippen LogP contribution in [0.2, 0.25) is 15.1 Å². The summed E-state index contributed by atoms with van der Waals surface area (Å²) in [6, 6.07) is 12.4. The summed E-state index contributed by atoms with van der Waals surface area (Å²) < 4.78 is 5.66. The normalized spacial score (nSPS) is 11.0. The van der Waals surface area contributed by atoms with E-state index in [1.165, 1.54) is 30.4 Å². The van der Waals surface area contributed by atoms with Gasteiger partial charge in [0.25, 0.3) is 5.69 Å². The monoisotopic (exact) mass is 436 g/mol. The second-order valence-corrected chi connectivity index (χ2v) is 6.82. The molecule has 0 spiro atoms. The van der Waals surface area contributed by atoms with E-state index in [1.54, 1.807) is 30.3 Å². The summed E-state index contributed by atoms with van der Waals surface area (Å²) in [5.74, 6) is 0.465. The van der Waals surface area contributed by atoms with E-state index in [-0.39, 0.29) is 16.4 Å². The fraction of sp³-hybridized carbons (Fsp3) is 0. The highest BCUT2D eigenvalue weighted by molar-refractivity contribution is 6.36. The van der Waals surface area contributed by atoms with E-state index < -0.39 is 10.8 Å². The molecule has 0 aliphatic rings. The van der Waals surface area contributed by atoms with E-state index in [2.05, 4.69) is 5.32 Å². The fourth-order valence-corrected chi connectivity index (χ4v) is 3.04. The molecule has 6 nitrogen and oxygen atoms in total. The lowest BCUT2D eigenvalue weighted by Crippen LogP contribution is -2.07. The van der Waals surface area contributed by atoms with Crippen LogP contribution in [0.1, 0.15) is 5.76 Å². The number of amides is 1. The number of benzene rings is 2. The zero-order chi connectivity index (χ0) is 20.3. The lowest BCUT2D eigenvalue weighted by Gasteiger charge is -2.03. The minimum absolute atomic E-state index is 0.0116. The van der Waals surface area contributed by atoms with Gasteiger partial charge in [-0.2, -0.15) is 0 Å². The van der Waals surface area contributed by atoms with Crippen molar-refractivity contribution >= 4 is 58.2 Å². The molecule has 28 heavy (non-hydrogen) atoms. The van der Waals surface area contributed by atoms with Crippen LogP contribution in [0, 0.1) is 10.1 Å². The van der Waals surface area contributed by atoms with Crippen LogP contribution in [-0.4, -0.2) is 10.8 Å². The minimum atomic E-state index is -0.625. The van der Waals surface area contributed by atoms with Crippen LogP contribution < -0.4 is 5.32 Å². The van der Waals surface area contributed by atoms with Crippen LogP contribution in [0.4, 0.5) is 11.4 Å². The minimum Gasteiger partial charge on any atom is -0.457 e. The van der Waals surface area contributed by atoms with Crippen molar-refractivity contribution in [2.24, 2.45) is 0 Å². The maximum atomic E-state index is 12.0. The molecule has 0 bridgehead atoms. The number of carbonyl (C=O) groups is 1. The molecule has 0 saturated heterocycles. The SMILES string of the molecule is O=C(/C=C/c1ccc(-c2ccc(Cl)cc2Cl)o1)Nc1ccc(Cl)c([N+](=O)[O-])c1. The van der Waals surface area contributed by atoms with Gasteiger partial charge in [0.05, 0.1) is 9.95 Å². The number of carbonyl (C=O) groups excluding carboxylic acids is 1. The lowest BCUT2D eigenvalue weighted by molar-refractivity contribution is -0.384. The Hall–Kier alpha value is -2.80. The first-order chi connectivity index (χ1) is 13.3. The molecule has 3 rings (SSSR count). The molecule has 0 radical (unpaired) electrons. The molecule has 0 atom stereocenters. The smallest absolute Gasteiger partial charge is 0.289 e. The molecule has 9 heteroatoms. The molecule has 0 fully saturated rings. The van der Waals surface area contributed by atoms with Crippen molar-refractivity contribution in [2.45, 2.75) is 0 Å². The summed E-state index contributed by atoms with van der Waals surface area (Å²) in [4.78, 5) is 22.3. The Kier molecular flexibility index (Phi) is 6.04. The second kappa shape index (κ2) is 8.48. The van der Waals surface area contributed by atoms with E-state index in [4.69, 9.17) is 39.2 Å². The molecule has 0 saturated carbocycles. The number of nitro benzene ring substituents is 1. The summed E-state index contributed by atoms with van der Waals surface area (Å²) >= 11 is 17.8. The summed E-state index contributed by atoms with van der Waals surface area (Å²) in [5, 5.41) is 14.4. The van der Waals surface area contributed by atoms with Crippen LogP contribution >= 0.6 is 34.8 Å². The van der Waals surface area contributed by atoms with Gasteiger partial charge in [0.15, 0.2) is 0 Å². The van der Waals surface area contributed by atoms with Crippen LogP contribution in [0.3, 0.4) is 0 Å². The Morgan fingerprint density at radius 3 is 2.54 bits per heavy atom. The van der Waals surface area contributed by atoms with Crippen molar-refractivity contribution in [3.05, 3.63) is 85.5 Å². The molecular weight excluding hydrogens is 427 g/mol. The van der Waals surface area contributed by atoms with Gasteiger partial charge < -0.3 is 9.73 Å². The molecule has 142 valence electrons. The predicted octanol–water partition coefficient (Wildman–Crippen LogP) is 6.47. The zero-order valence-corrected chi connectivity index (χ0v) is 16.3. The van der Waals surface area contributed by atoms with Gasteiger partial charge >= 0.3 is 0 Å². The Morgan fingerprint density at radius 2 is 1.82 bits per heavy atom. The van der Waals surface area contributed by atoms with E-state index >= 15 is 0 Å². The highest BCUT2D eigenvalue weighted by Crippen LogP contribution is 2.32. The summed E-state index contributed by atoms with van der Waals surface area (Å²) in [5.41, 5.74) is 0.626. The first-order valence-corrected chi connectivity index (χ1v) is 8.95. The van der Waals surface area contributed by atoms with Gasteiger partial charge in [-0.05, 0) is 48.5 Å². The van der Waals surface area contributed by atoms with Crippen molar-refractivity contribution < 1.29 is 14.1 Å². The largest absolute Gasteiger partial charge is 0.457 e. The molecule has 0 aliphatic carbocycles. The molecule has 1 N–H and O–H groups in total. The topological polar surface area (TPSA) is 85.4 Å². The first-order valence-electron chi connectivity index (χ1n) is 7.82. The molecule has 2 aromatic carbocycles. The van der Waals surface area contributed by atoms with Crippen LogP contribution in [0.5, 0.6) is 0 Å². The van der Waals surface area contributed by atoms with Crippen LogP contribution in [0.15, 0.2) is 59.0 Å². The highest BCUT2D eigenvalue weighted by Gasteiger charge is 2.13. The summed E-state index contributed by atoms with van der Waals surface area (Å²) in [7, 11) is 0. The van der Waals surface area contributed by atoms with Crippen molar-refractivity contribution in [1.82, 2.24) is 0 Å². The Bertz CT molecular complexity index is 1090. The first kappa shape index (κ1) is 19.9. The molecule has 1 aromatic heterocycles. The zero-order valence-electron chi connectivity index (χ0n) is 14.0. The van der Waals surface area contributed by atoms with Crippen molar-refractivity contribution in [1.29, 1.82) is 0 Å². The van der Waals surface area contributed by atoms with E-state index in [9.17, 15) is 14.9 Å². The molecular formula is C19H11Cl3N2O4. The fourth-order valence-electron chi connectivity index (χ4n) is 2.35. The molecule has 0 aliphatic heterocycles. The maximum absolute atomic E-state index is 12.0. The number of rotatable bonds is 5. The molecule has 0 unspecified atom stereocenters. The number of nitrogens with zero attached hydrogens (tertiary/aromatic N) is 1. The number of hydrogen-bond donors (Lipinski definition) is 1. The van der Waals surface area contributed by atoms with Gasteiger partial charge in [-0.25, -0.2) is 0 Å². The quantitative estimate of drug-likeness (QED) is 0.282. The summed E-state index contributed by atoms with van der Waals surface area (Å²) in [6.07, 6.45) is 2.71. The Morgan fingerprint density at radius 1 is 1.04 bits per heavy atom. The maximum Gasteiger partial charge on any atom is 0.289 e. The third-order valence-corrected chi connectivity index (χ3v) is 4.50. The number of nitro groups is 1. The molecule has 3 aromatic rings. The standard InChI is InChI=1S/C19H11Cl3N2O4/c20-11-1-5-14(16(22)9-11)18-7-3-13(28-18)4-8-19(25)23-12-2-6-15(21)17(10-12)24(26)27/h1-10H,(H,23,25)/b8-4+. The van der Waals surface area contributed by atoms with Crippen molar-refractivity contribution in [2.75, 3.05) is 5.32 Å². The average molecular weight is 438 g/mol. The number of hydrogen-bond acceptors (Lipinski definition) is 4. The van der Waals surface area contributed by atoms with Gasteiger partial charge in [0.1, 0.15) is 16.5 Å². The van der Waals surface area contributed by atoms with E-state index in [0.717, 1.165) is 0 Å². The average Bonchev–Trinajstić information content (AvgIpc) is 3.10. The molecule has 1 heterocycles. The Balaban J connectivity index is 1.71. The Labute approximate surface area is 174 Å². The third-order valence-electron chi connectivity index (χ3n) is 3.63. The van der Waals surface area contributed by atoms with Gasteiger partial charge in [-0.15, -0.1) is 0 Å². The third kappa shape index (κ3) is 4.72. The summed E-state index contributed by atoms with van der Waals surface area (Å²) in [6.45, 7) is 0. The molecule has 1 amide bonds. The lowest BCUT2D eigenvalue weighted by atomic mass is 10.2. The predicted molar refractivity (Wildman–Crippen MR) is 110 cm³/mol. The van der Waals surface area contributed by atoms with Crippen molar-refractivity contribution in [3.8, 4) is 11.3 Å². The second-order valence-electron chi connectivity index (χ2n) is 5.57. The van der Waals surface area contributed by atoms with Crippen molar-refractivity contribution in [3.63, 3.8) is 0 Å².